The summed E-state index contributed by atoms with van der Waals surface area (Å²) in [5, 5.41) is 17.7. The van der Waals surface area contributed by atoms with E-state index in [1.165, 1.54) is 32.6 Å². The predicted octanol–water partition coefficient (Wildman–Crippen LogP) is 13.8. The molecule has 0 N–H and O–H groups in total. The van der Waals surface area contributed by atoms with Crippen LogP contribution in [0.2, 0.25) is 0 Å². The van der Waals surface area contributed by atoms with Crippen molar-refractivity contribution in [1.29, 1.82) is 5.26 Å². The smallest absolute Gasteiger partial charge is 0.160 e. The summed E-state index contributed by atoms with van der Waals surface area (Å²) in [6.45, 7) is 0. The van der Waals surface area contributed by atoms with Gasteiger partial charge in [-0.05, 0) is 101 Å². The molecule has 0 bridgehead atoms. The number of fused-ring (bicyclic) bond motifs is 9. The van der Waals surface area contributed by atoms with Crippen LogP contribution < -0.4 is 0 Å². The number of rotatable bonds is 5. The van der Waals surface area contributed by atoms with E-state index in [1.807, 2.05) is 24.3 Å². The van der Waals surface area contributed by atoms with Crippen LogP contribution in [0, 0.1) is 11.3 Å². The molecule has 0 atom stereocenters. The third kappa shape index (κ3) is 5.25. The molecule has 3 aromatic heterocycles. The average Bonchev–Trinajstić information content (AvgIpc) is 3.84. The zero-order chi connectivity index (χ0) is 39.7. The Bertz CT molecular complexity index is 3680. The first kappa shape index (κ1) is 33.8. The summed E-state index contributed by atoms with van der Waals surface area (Å²) in [7, 11) is 0. The molecular weight excluding hydrogens is 731 g/mol. The molecule has 12 aromatic rings. The average molecular weight is 764 g/mol. The zero-order valence-corrected chi connectivity index (χ0v) is 32.3. The number of hydrogen-bond donors (Lipinski definition) is 0. The van der Waals surface area contributed by atoms with Gasteiger partial charge in [-0.15, -0.1) is 0 Å². The highest BCUT2D eigenvalue weighted by Crippen LogP contribution is 2.39. The van der Waals surface area contributed by atoms with Gasteiger partial charge in [-0.2, -0.15) is 5.26 Å². The number of nitrogens with zero attached hydrogens (tertiary/aromatic N) is 5. The molecule has 0 amide bonds. The molecule has 0 fully saturated rings. The van der Waals surface area contributed by atoms with Gasteiger partial charge in [0.1, 0.15) is 0 Å². The Kier molecular flexibility index (Phi) is 7.53. The molecule has 0 spiro atoms. The van der Waals surface area contributed by atoms with Crippen molar-refractivity contribution < 1.29 is 0 Å². The fourth-order valence-electron chi connectivity index (χ4n) is 9.17. The van der Waals surface area contributed by atoms with Gasteiger partial charge in [-0.25, -0.2) is 9.97 Å². The lowest BCUT2D eigenvalue weighted by Crippen LogP contribution is -1.98. The molecule has 5 heteroatoms. The van der Waals surface area contributed by atoms with Gasteiger partial charge in [-0.3, -0.25) is 0 Å². The van der Waals surface area contributed by atoms with Crippen molar-refractivity contribution in [2.45, 2.75) is 0 Å². The predicted molar refractivity (Wildman–Crippen MR) is 247 cm³/mol. The van der Waals surface area contributed by atoms with Crippen LogP contribution >= 0.6 is 0 Å². The maximum absolute atomic E-state index is 9.58. The quantitative estimate of drug-likeness (QED) is 0.164. The summed E-state index contributed by atoms with van der Waals surface area (Å²) in [5.41, 5.74) is 13.2. The van der Waals surface area contributed by atoms with Gasteiger partial charge in [0.15, 0.2) is 5.82 Å². The van der Waals surface area contributed by atoms with Crippen molar-refractivity contribution in [3.63, 3.8) is 0 Å². The second kappa shape index (κ2) is 13.4. The van der Waals surface area contributed by atoms with Gasteiger partial charge < -0.3 is 9.13 Å². The molecule has 3 heterocycles. The van der Waals surface area contributed by atoms with Gasteiger partial charge in [0, 0.05) is 54.8 Å². The largest absolute Gasteiger partial charge is 0.309 e. The third-order valence-corrected chi connectivity index (χ3v) is 11.9. The lowest BCUT2D eigenvalue weighted by molar-refractivity contribution is 1.16. The van der Waals surface area contributed by atoms with Gasteiger partial charge in [0.2, 0.25) is 0 Å². The highest BCUT2D eigenvalue weighted by molar-refractivity contribution is 6.13. The Balaban J connectivity index is 0.999. The molecule has 0 saturated heterocycles. The maximum Gasteiger partial charge on any atom is 0.160 e. The van der Waals surface area contributed by atoms with Crippen molar-refractivity contribution in [2.24, 2.45) is 0 Å². The van der Waals surface area contributed by atoms with E-state index >= 15 is 0 Å². The minimum absolute atomic E-state index is 0.632. The molecule has 278 valence electrons. The van der Waals surface area contributed by atoms with E-state index in [2.05, 4.69) is 191 Å². The highest BCUT2D eigenvalue weighted by Gasteiger charge is 2.18. The molecule has 0 aliphatic rings. The Morgan fingerprint density at radius 1 is 0.367 bits per heavy atom. The van der Waals surface area contributed by atoms with Gasteiger partial charge in [0.05, 0.1) is 44.9 Å². The molecule has 5 nitrogen and oxygen atoms in total. The normalized spacial score (nSPS) is 11.7. The number of para-hydroxylation sites is 3. The first-order valence-corrected chi connectivity index (χ1v) is 20.1. The van der Waals surface area contributed by atoms with Gasteiger partial charge in [-0.1, -0.05) is 115 Å². The van der Waals surface area contributed by atoms with E-state index in [4.69, 9.17) is 9.97 Å². The standard InChI is InChI=1S/C55H33N5/c56-34-35-11-9-13-38(31-35)39-14-10-15-40(32-39)53-47-29-25-36-12-1-2-16-43(36)54(47)58-55(57-53)37-23-26-41(27-24-37)59-51-22-8-5-19-46(51)48-33-42(28-30-52(48)59)60-49-20-6-3-17-44(49)45-18-4-7-21-50(45)60/h1-33H. The SMILES string of the molecule is N#Cc1cccc(-c2cccc(-c3nc(-c4ccc(-n5c6ccccc6c6cc(-n7c8ccccc8c8ccccc87)ccc65)cc4)nc4c3ccc3ccccc34)c2)c1. The van der Waals surface area contributed by atoms with Crippen molar-refractivity contribution in [2.75, 3.05) is 0 Å². The van der Waals surface area contributed by atoms with E-state index in [0.717, 1.165) is 72.0 Å². The Labute approximate surface area is 345 Å². The van der Waals surface area contributed by atoms with Crippen molar-refractivity contribution >= 4 is 65.3 Å². The molecule has 12 rings (SSSR count). The number of hydrogen-bond acceptors (Lipinski definition) is 3. The van der Waals surface area contributed by atoms with Crippen LogP contribution in [0.1, 0.15) is 5.56 Å². The molecule has 0 radical (unpaired) electrons. The summed E-state index contributed by atoms with van der Waals surface area (Å²) in [6, 6.07) is 72.6. The van der Waals surface area contributed by atoms with Gasteiger partial charge >= 0.3 is 0 Å². The minimum atomic E-state index is 0.632. The van der Waals surface area contributed by atoms with Crippen LogP contribution in [0.25, 0.3) is 110 Å². The molecule has 0 aliphatic heterocycles. The molecule has 9 aromatic carbocycles. The topological polar surface area (TPSA) is 59.4 Å². The van der Waals surface area contributed by atoms with E-state index in [-0.39, 0.29) is 0 Å². The summed E-state index contributed by atoms with van der Waals surface area (Å²) in [5.74, 6) is 0.662. The van der Waals surface area contributed by atoms with Crippen LogP contribution in [0.5, 0.6) is 0 Å². The first-order valence-electron chi connectivity index (χ1n) is 20.1. The van der Waals surface area contributed by atoms with E-state index in [1.54, 1.807) is 0 Å². The zero-order valence-electron chi connectivity index (χ0n) is 32.3. The molecule has 0 saturated carbocycles. The Morgan fingerprint density at radius 3 is 1.65 bits per heavy atom. The van der Waals surface area contributed by atoms with E-state index in [0.29, 0.717) is 11.4 Å². The minimum Gasteiger partial charge on any atom is -0.309 e. The van der Waals surface area contributed by atoms with Crippen LogP contribution in [0.4, 0.5) is 0 Å². The van der Waals surface area contributed by atoms with Crippen LogP contribution in [-0.4, -0.2) is 19.1 Å². The summed E-state index contributed by atoms with van der Waals surface area (Å²) in [6.07, 6.45) is 0. The Morgan fingerprint density at radius 2 is 0.933 bits per heavy atom. The second-order valence-electron chi connectivity index (χ2n) is 15.3. The number of nitriles is 1. The summed E-state index contributed by atoms with van der Waals surface area (Å²) < 4.78 is 4.74. The highest BCUT2D eigenvalue weighted by atomic mass is 15.0. The molecule has 0 unspecified atom stereocenters. The van der Waals surface area contributed by atoms with Crippen LogP contribution in [0.3, 0.4) is 0 Å². The Hall–Kier alpha value is -8.33. The van der Waals surface area contributed by atoms with Crippen LogP contribution in [-0.2, 0) is 0 Å². The number of aromatic nitrogens is 4. The third-order valence-electron chi connectivity index (χ3n) is 11.9. The molecule has 0 aliphatic carbocycles. The summed E-state index contributed by atoms with van der Waals surface area (Å²) in [4.78, 5) is 10.6. The van der Waals surface area contributed by atoms with Crippen molar-refractivity contribution in [1.82, 2.24) is 19.1 Å². The fraction of sp³-hybridized carbons (Fsp3) is 0. The van der Waals surface area contributed by atoms with E-state index in [9.17, 15) is 5.26 Å². The summed E-state index contributed by atoms with van der Waals surface area (Å²) >= 11 is 0. The van der Waals surface area contributed by atoms with Gasteiger partial charge in [0.25, 0.3) is 0 Å². The van der Waals surface area contributed by atoms with E-state index < -0.39 is 0 Å². The lowest BCUT2D eigenvalue weighted by atomic mass is 9.97. The van der Waals surface area contributed by atoms with Crippen molar-refractivity contribution in [3.05, 3.63) is 206 Å². The number of benzene rings is 9. The second-order valence-corrected chi connectivity index (χ2v) is 15.3. The first-order chi connectivity index (χ1) is 29.7. The van der Waals surface area contributed by atoms with Crippen molar-refractivity contribution in [3.8, 4) is 51.2 Å². The lowest BCUT2D eigenvalue weighted by Gasteiger charge is -2.13. The maximum atomic E-state index is 9.58. The molecular formula is C55H33N5. The monoisotopic (exact) mass is 763 g/mol. The van der Waals surface area contributed by atoms with Crippen LogP contribution in [0.15, 0.2) is 200 Å². The fourth-order valence-corrected chi connectivity index (χ4v) is 9.17. The molecule has 60 heavy (non-hydrogen) atoms.